The molecule has 1 atom stereocenters. The Labute approximate surface area is 89.9 Å². The van der Waals surface area contributed by atoms with Crippen LogP contribution in [-0.2, 0) is 0 Å². The zero-order valence-electron chi connectivity index (χ0n) is 8.19. The van der Waals surface area contributed by atoms with Crippen molar-refractivity contribution in [3.8, 4) is 6.07 Å². The molecule has 0 radical (unpaired) electrons. The molecule has 0 aliphatic carbocycles. The summed E-state index contributed by atoms with van der Waals surface area (Å²) in [5.74, 6) is 0.802. The highest BCUT2D eigenvalue weighted by molar-refractivity contribution is 7.80. The molecule has 0 aliphatic heterocycles. The highest BCUT2D eigenvalue weighted by Gasteiger charge is 2.06. The van der Waals surface area contributed by atoms with Crippen molar-refractivity contribution in [2.75, 3.05) is 12.3 Å². The lowest BCUT2D eigenvalue weighted by Gasteiger charge is -2.05. The van der Waals surface area contributed by atoms with Crippen LogP contribution in [0.4, 0.5) is 0 Å². The van der Waals surface area contributed by atoms with Gasteiger partial charge in [0.2, 0.25) is 6.54 Å². The van der Waals surface area contributed by atoms with Crippen molar-refractivity contribution in [1.82, 2.24) is 0 Å². The monoisotopic (exact) mass is 216 g/mol. The molecule has 4 nitrogen and oxygen atoms in total. The summed E-state index contributed by atoms with van der Waals surface area (Å²) in [6.45, 7) is 0.0454. The van der Waals surface area contributed by atoms with Crippen LogP contribution in [0.1, 0.15) is 32.1 Å². The number of hydrogen-bond donors (Lipinski definition) is 1. The van der Waals surface area contributed by atoms with Crippen LogP contribution < -0.4 is 0 Å². The Bertz CT molecular complexity index is 203. The molecule has 0 N–H and O–H groups in total. The lowest BCUT2D eigenvalue weighted by molar-refractivity contribution is -0.480. The van der Waals surface area contributed by atoms with Crippen LogP contribution in [0.3, 0.4) is 0 Å². The van der Waals surface area contributed by atoms with Crippen molar-refractivity contribution in [2.45, 2.75) is 32.1 Å². The van der Waals surface area contributed by atoms with E-state index in [1.54, 1.807) is 0 Å². The predicted molar refractivity (Wildman–Crippen MR) is 57.9 cm³/mol. The molecule has 0 bridgehead atoms. The van der Waals surface area contributed by atoms with E-state index in [4.69, 9.17) is 5.26 Å². The quantitative estimate of drug-likeness (QED) is 0.293. The normalized spacial score (nSPS) is 12.0. The van der Waals surface area contributed by atoms with Gasteiger partial charge in [0.05, 0.1) is 6.07 Å². The van der Waals surface area contributed by atoms with Crippen molar-refractivity contribution in [3.05, 3.63) is 10.1 Å². The summed E-state index contributed by atoms with van der Waals surface area (Å²) < 4.78 is 0. The average Bonchev–Trinajstić information content (AvgIpc) is 2.15. The van der Waals surface area contributed by atoms with E-state index in [0.717, 1.165) is 31.4 Å². The molecule has 14 heavy (non-hydrogen) atoms. The summed E-state index contributed by atoms with van der Waals surface area (Å²) in [6, 6.07) is 2.22. The first-order chi connectivity index (χ1) is 6.70. The summed E-state index contributed by atoms with van der Waals surface area (Å²) in [7, 11) is 0. The van der Waals surface area contributed by atoms with E-state index >= 15 is 0 Å². The molecule has 5 heteroatoms. The number of thiol groups is 1. The highest BCUT2D eigenvalue weighted by Crippen LogP contribution is 2.13. The van der Waals surface area contributed by atoms with E-state index in [1.807, 2.05) is 0 Å². The molecular weight excluding hydrogens is 200 g/mol. The number of unbranched alkanes of at least 4 members (excludes halogenated alkanes) is 2. The Morgan fingerprint density at radius 1 is 1.36 bits per heavy atom. The highest BCUT2D eigenvalue weighted by atomic mass is 32.1. The molecule has 0 aliphatic rings. The number of nitriles is 1. The molecule has 0 saturated heterocycles. The Hall–Kier alpha value is -0.760. The molecule has 0 aromatic heterocycles. The van der Waals surface area contributed by atoms with Gasteiger partial charge in [0.1, 0.15) is 0 Å². The first-order valence-electron chi connectivity index (χ1n) is 4.83. The van der Waals surface area contributed by atoms with Crippen molar-refractivity contribution in [1.29, 1.82) is 5.26 Å². The summed E-state index contributed by atoms with van der Waals surface area (Å²) >= 11 is 4.06. The lowest BCUT2D eigenvalue weighted by Crippen LogP contribution is -2.01. The fraction of sp³-hybridized carbons (Fsp3) is 0.889. The third-order valence-electron chi connectivity index (χ3n) is 2.05. The van der Waals surface area contributed by atoms with Gasteiger partial charge in [-0.25, -0.2) is 0 Å². The lowest BCUT2D eigenvalue weighted by atomic mass is 10.0. The van der Waals surface area contributed by atoms with Crippen LogP contribution in [0.5, 0.6) is 0 Å². The van der Waals surface area contributed by atoms with Crippen molar-refractivity contribution in [3.63, 3.8) is 0 Å². The van der Waals surface area contributed by atoms with Gasteiger partial charge in [0.25, 0.3) is 0 Å². The van der Waals surface area contributed by atoms with Gasteiger partial charge in [0, 0.05) is 17.3 Å². The second-order valence-electron chi connectivity index (χ2n) is 3.24. The third kappa shape index (κ3) is 7.87. The van der Waals surface area contributed by atoms with E-state index < -0.39 is 0 Å². The molecule has 0 aromatic carbocycles. The minimum absolute atomic E-state index is 0.0454. The van der Waals surface area contributed by atoms with Gasteiger partial charge < -0.3 is 0 Å². The molecule has 0 heterocycles. The molecule has 0 spiro atoms. The summed E-state index contributed by atoms with van der Waals surface area (Å²) in [6.07, 6.45) is 4.02. The van der Waals surface area contributed by atoms with Gasteiger partial charge in [-0.15, -0.1) is 0 Å². The van der Waals surface area contributed by atoms with Crippen LogP contribution in [-0.4, -0.2) is 17.2 Å². The SMILES string of the molecule is N#CC(CCS)CCCCC[N+](=O)[O-]. The molecule has 1 unspecified atom stereocenters. The maximum atomic E-state index is 10.00. The van der Waals surface area contributed by atoms with Crippen molar-refractivity contribution < 1.29 is 4.92 Å². The van der Waals surface area contributed by atoms with Gasteiger partial charge in [-0.2, -0.15) is 17.9 Å². The number of hydrogen-bond acceptors (Lipinski definition) is 4. The molecule has 80 valence electrons. The summed E-state index contributed by atoms with van der Waals surface area (Å²) in [4.78, 5) is 9.70. The fourth-order valence-electron chi connectivity index (χ4n) is 1.24. The molecule has 0 amide bonds. The smallest absolute Gasteiger partial charge is 0.203 e. The van der Waals surface area contributed by atoms with Crippen LogP contribution >= 0.6 is 12.6 Å². The number of rotatable bonds is 8. The van der Waals surface area contributed by atoms with Crippen molar-refractivity contribution in [2.24, 2.45) is 5.92 Å². The zero-order chi connectivity index (χ0) is 10.8. The molecule has 0 rings (SSSR count). The minimum Gasteiger partial charge on any atom is -0.265 e. The van der Waals surface area contributed by atoms with Crippen LogP contribution in [0.15, 0.2) is 0 Å². The largest absolute Gasteiger partial charge is 0.265 e. The first-order valence-corrected chi connectivity index (χ1v) is 5.46. The van der Waals surface area contributed by atoms with E-state index in [2.05, 4.69) is 18.7 Å². The maximum Gasteiger partial charge on any atom is 0.203 e. The second-order valence-corrected chi connectivity index (χ2v) is 3.69. The first kappa shape index (κ1) is 13.2. The Balaban J connectivity index is 3.34. The predicted octanol–water partition coefficient (Wildman–Crippen LogP) is 2.28. The van der Waals surface area contributed by atoms with E-state index in [-0.39, 0.29) is 17.4 Å². The van der Waals surface area contributed by atoms with E-state index in [1.165, 1.54) is 0 Å². The third-order valence-corrected chi connectivity index (χ3v) is 2.31. The molecule has 0 saturated carbocycles. The van der Waals surface area contributed by atoms with Gasteiger partial charge in [0.15, 0.2) is 0 Å². The standard InChI is InChI=1S/C9H16N2O2S/c10-8-9(5-7-14)4-2-1-3-6-11(12)13/h9,14H,1-7H2. The molecule has 0 aromatic rings. The Kier molecular flexibility index (Phi) is 8.34. The van der Waals surface area contributed by atoms with Gasteiger partial charge >= 0.3 is 0 Å². The minimum atomic E-state index is -0.296. The van der Waals surface area contributed by atoms with Crippen LogP contribution in [0, 0.1) is 27.4 Å². The molecular formula is C9H16N2O2S. The summed E-state index contributed by atoms with van der Waals surface area (Å²) in [5.41, 5.74) is 0. The number of nitrogens with zero attached hydrogens (tertiary/aromatic N) is 2. The second kappa shape index (κ2) is 8.82. The Morgan fingerprint density at radius 3 is 2.57 bits per heavy atom. The van der Waals surface area contributed by atoms with Gasteiger partial charge in [-0.1, -0.05) is 6.42 Å². The molecule has 0 fully saturated rings. The fourth-order valence-corrected chi connectivity index (χ4v) is 1.55. The zero-order valence-corrected chi connectivity index (χ0v) is 9.08. The van der Waals surface area contributed by atoms with Gasteiger partial charge in [-0.05, 0) is 25.0 Å². The maximum absolute atomic E-state index is 10.00. The van der Waals surface area contributed by atoms with Crippen molar-refractivity contribution >= 4 is 12.6 Å². The van der Waals surface area contributed by atoms with Gasteiger partial charge in [-0.3, -0.25) is 10.1 Å². The van der Waals surface area contributed by atoms with E-state index in [0.29, 0.717) is 6.42 Å². The van der Waals surface area contributed by atoms with Crippen LogP contribution in [0.25, 0.3) is 0 Å². The van der Waals surface area contributed by atoms with Crippen LogP contribution in [0.2, 0.25) is 0 Å². The average molecular weight is 216 g/mol. The van der Waals surface area contributed by atoms with E-state index in [9.17, 15) is 10.1 Å². The topological polar surface area (TPSA) is 66.9 Å². The Morgan fingerprint density at radius 2 is 2.07 bits per heavy atom. The number of nitro groups is 1. The summed E-state index contributed by atoms with van der Waals surface area (Å²) in [5, 5.41) is 18.7.